The number of phenols is 1. The zero-order valence-electron chi connectivity index (χ0n) is 11.1. The van der Waals surface area contributed by atoms with Crippen molar-refractivity contribution >= 4 is 0 Å². The number of phenolic OH excluding ortho intramolecular Hbond substituents is 1. The monoisotopic (exact) mass is 250 g/mol. The third kappa shape index (κ3) is 2.76. The summed E-state index contributed by atoms with van der Waals surface area (Å²) in [5.74, 6) is 1.34. The van der Waals surface area contributed by atoms with Crippen molar-refractivity contribution in [3.63, 3.8) is 0 Å². The minimum Gasteiger partial charge on any atom is -0.504 e. The second kappa shape index (κ2) is 5.59. The molecule has 1 aliphatic rings. The Balaban J connectivity index is 2.05. The quantitative estimate of drug-likeness (QED) is 0.851. The molecule has 0 radical (unpaired) electrons. The molecule has 1 fully saturated rings. The van der Waals surface area contributed by atoms with E-state index in [0.29, 0.717) is 17.7 Å². The summed E-state index contributed by atoms with van der Waals surface area (Å²) in [7, 11) is 1.57. The maximum absolute atomic E-state index is 9.57. The summed E-state index contributed by atoms with van der Waals surface area (Å²) in [4.78, 5) is 2.43. The molecule has 0 aliphatic carbocycles. The lowest BCUT2D eigenvalue weighted by Gasteiger charge is -2.21. The van der Waals surface area contributed by atoms with Gasteiger partial charge in [0.25, 0.3) is 0 Å². The van der Waals surface area contributed by atoms with Crippen molar-refractivity contribution < 1.29 is 9.84 Å². The number of methoxy groups -OCH3 is 1. The fraction of sp³-hybridized carbons (Fsp3) is 0.571. The highest BCUT2D eigenvalue weighted by molar-refractivity contribution is 5.41. The van der Waals surface area contributed by atoms with Gasteiger partial charge in [0.2, 0.25) is 0 Å². The first kappa shape index (κ1) is 13.2. The minimum absolute atomic E-state index is 0.190. The molecule has 1 aromatic carbocycles. The molecule has 2 unspecified atom stereocenters. The number of hydrogen-bond donors (Lipinski definition) is 2. The Kier molecular flexibility index (Phi) is 4.09. The van der Waals surface area contributed by atoms with Crippen molar-refractivity contribution in [1.29, 1.82) is 0 Å². The Morgan fingerprint density at radius 2 is 2.28 bits per heavy atom. The SMILES string of the molecule is COc1cc(CN2CC(CN)CC2C)ccc1O. The summed E-state index contributed by atoms with van der Waals surface area (Å²) in [6, 6.07) is 6.10. The number of nitrogens with two attached hydrogens (primary N) is 1. The second-order valence-electron chi connectivity index (χ2n) is 5.12. The minimum atomic E-state index is 0.190. The molecule has 2 atom stereocenters. The van der Waals surface area contributed by atoms with Crippen LogP contribution in [0.5, 0.6) is 11.5 Å². The van der Waals surface area contributed by atoms with E-state index in [1.807, 2.05) is 12.1 Å². The van der Waals surface area contributed by atoms with Gasteiger partial charge in [0.1, 0.15) is 0 Å². The van der Waals surface area contributed by atoms with Crippen molar-refractivity contribution in [1.82, 2.24) is 4.90 Å². The van der Waals surface area contributed by atoms with Crippen LogP contribution in [0, 0.1) is 5.92 Å². The third-order valence-corrected chi connectivity index (χ3v) is 3.75. The van der Waals surface area contributed by atoms with Gasteiger partial charge in [-0.1, -0.05) is 6.07 Å². The van der Waals surface area contributed by atoms with Crippen LogP contribution in [-0.2, 0) is 6.54 Å². The Morgan fingerprint density at radius 3 is 2.89 bits per heavy atom. The first-order valence-corrected chi connectivity index (χ1v) is 6.44. The molecule has 2 rings (SSSR count). The number of hydrogen-bond acceptors (Lipinski definition) is 4. The van der Waals surface area contributed by atoms with Crippen LogP contribution in [0.25, 0.3) is 0 Å². The van der Waals surface area contributed by atoms with Gasteiger partial charge in [0, 0.05) is 19.1 Å². The number of ether oxygens (including phenoxy) is 1. The van der Waals surface area contributed by atoms with Gasteiger partial charge in [0.15, 0.2) is 11.5 Å². The Labute approximate surface area is 108 Å². The lowest BCUT2D eigenvalue weighted by Crippen LogP contribution is -2.27. The molecule has 4 heteroatoms. The Morgan fingerprint density at radius 1 is 1.50 bits per heavy atom. The van der Waals surface area contributed by atoms with E-state index in [0.717, 1.165) is 25.2 Å². The van der Waals surface area contributed by atoms with Gasteiger partial charge in [-0.15, -0.1) is 0 Å². The fourth-order valence-corrected chi connectivity index (χ4v) is 2.66. The van der Waals surface area contributed by atoms with Gasteiger partial charge in [-0.05, 0) is 43.5 Å². The van der Waals surface area contributed by atoms with Crippen LogP contribution in [0.3, 0.4) is 0 Å². The van der Waals surface area contributed by atoms with Crippen LogP contribution in [-0.4, -0.2) is 36.2 Å². The maximum atomic E-state index is 9.57. The molecule has 0 amide bonds. The average molecular weight is 250 g/mol. The van der Waals surface area contributed by atoms with Gasteiger partial charge >= 0.3 is 0 Å². The van der Waals surface area contributed by atoms with Gasteiger partial charge in [-0.25, -0.2) is 0 Å². The predicted molar refractivity (Wildman–Crippen MR) is 71.7 cm³/mol. The molecule has 18 heavy (non-hydrogen) atoms. The van der Waals surface area contributed by atoms with E-state index in [1.165, 1.54) is 6.42 Å². The Hall–Kier alpha value is -1.26. The molecule has 0 saturated carbocycles. The van der Waals surface area contributed by atoms with E-state index in [2.05, 4.69) is 11.8 Å². The van der Waals surface area contributed by atoms with E-state index in [1.54, 1.807) is 13.2 Å². The molecule has 1 aromatic rings. The largest absolute Gasteiger partial charge is 0.504 e. The lowest BCUT2D eigenvalue weighted by molar-refractivity contribution is 0.255. The van der Waals surface area contributed by atoms with E-state index < -0.39 is 0 Å². The van der Waals surface area contributed by atoms with Crippen LogP contribution in [0.2, 0.25) is 0 Å². The van der Waals surface area contributed by atoms with Crippen molar-refractivity contribution in [3.8, 4) is 11.5 Å². The molecule has 100 valence electrons. The van der Waals surface area contributed by atoms with Crippen molar-refractivity contribution in [3.05, 3.63) is 23.8 Å². The molecule has 0 bridgehead atoms. The molecule has 1 heterocycles. The number of rotatable bonds is 4. The molecule has 3 N–H and O–H groups in total. The number of aromatic hydroxyl groups is 1. The lowest BCUT2D eigenvalue weighted by atomic mass is 10.1. The summed E-state index contributed by atoms with van der Waals surface area (Å²) in [6.07, 6.45) is 1.17. The normalized spacial score (nSPS) is 24.4. The molecule has 0 spiro atoms. The smallest absolute Gasteiger partial charge is 0.160 e. The molecule has 0 aromatic heterocycles. The highest BCUT2D eigenvalue weighted by Crippen LogP contribution is 2.29. The third-order valence-electron chi connectivity index (χ3n) is 3.75. The van der Waals surface area contributed by atoms with Gasteiger partial charge in [-0.3, -0.25) is 4.90 Å². The number of likely N-dealkylation sites (tertiary alicyclic amines) is 1. The predicted octanol–water partition coefficient (Wildman–Crippen LogP) is 1.57. The van der Waals surface area contributed by atoms with Gasteiger partial charge in [0.05, 0.1) is 7.11 Å². The number of nitrogens with zero attached hydrogens (tertiary/aromatic N) is 1. The highest BCUT2D eigenvalue weighted by Gasteiger charge is 2.27. The second-order valence-corrected chi connectivity index (χ2v) is 5.12. The first-order chi connectivity index (χ1) is 8.63. The highest BCUT2D eigenvalue weighted by atomic mass is 16.5. The zero-order valence-corrected chi connectivity index (χ0v) is 11.1. The van der Waals surface area contributed by atoms with Crippen LogP contribution < -0.4 is 10.5 Å². The van der Waals surface area contributed by atoms with Crippen molar-refractivity contribution in [2.45, 2.75) is 25.9 Å². The molecule has 1 saturated heterocycles. The van der Waals surface area contributed by atoms with Crippen molar-refractivity contribution in [2.75, 3.05) is 20.2 Å². The van der Waals surface area contributed by atoms with Crippen LogP contribution in [0.4, 0.5) is 0 Å². The molecular weight excluding hydrogens is 228 g/mol. The van der Waals surface area contributed by atoms with Gasteiger partial charge in [-0.2, -0.15) is 0 Å². The topological polar surface area (TPSA) is 58.7 Å². The molecule has 1 aliphatic heterocycles. The first-order valence-electron chi connectivity index (χ1n) is 6.44. The van der Waals surface area contributed by atoms with Crippen LogP contribution >= 0.6 is 0 Å². The summed E-state index contributed by atoms with van der Waals surface area (Å²) >= 11 is 0. The van der Waals surface area contributed by atoms with Crippen LogP contribution in [0.15, 0.2) is 18.2 Å². The van der Waals surface area contributed by atoms with E-state index in [-0.39, 0.29) is 5.75 Å². The Bertz CT molecular complexity index is 409. The maximum Gasteiger partial charge on any atom is 0.160 e. The standard InChI is InChI=1S/C14H22N2O2/c1-10-5-12(7-15)9-16(10)8-11-3-4-13(17)14(6-11)18-2/h3-4,6,10,12,17H,5,7-9,15H2,1-2H3. The van der Waals surface area contributed by atoms with E-state index in [9.17, 15) is 5.11 Å². The summed E-state index contributed by atoms with van der Waals surface area (Å²) in [6.45, 7) is 4.95. The van der Waals surface area contributed by atoms with Gasteiger partial charge < -0.3 is 15.6 Å². The van der Waals surface area contributed by atoms with Crippen molar-refractivity contribution in [2.24, 2.45) is 11.7 Å². The molecular formula is C14H22N2O2. The van der Waals surface area contributed by atoms with Crippen LogP contribution in [0.1, 0.15) is 18.9 Å². The zero-order chi connectivity index (χ0) is 13.1. The summed E-state index contributed by atoms with van der Waals surface area (Å²) in [5, 5.41) is 9.57. The van der Waals surface area contributed by atoms with E-state index in [4.69, 9.17) is 10.5 Å². The summed E-state index contributed by atoms with van der Waals surface area (Å²) in [5.41, 5.74) is 6.90. The summed E-state index contributed by atoms with van der Waals surface area (Å²) < 4.78 is 5.13. The number of benzene rings is 1. The van der Waals surface area contributed by atoms with E-state index >= 15 is 0 Å². The average Bonchev–Trinajstić information content (AvgIpc) is 2.72. The molecule has 4 nitrogen and oxygen atoms in total. The fourth-order valence-electron chi connectivity index (χ4n) is 2.66.